The molecule has 2 aromatic rings. The van der Waals surface area contributed by atoms with Gasteiger partial charge < -0.3 is 15.4 Å². The van der Waals surface area contributed by atoms with Crippen LogP contribution in [0.1, 0.15) is 36.2 Å². The fourth-order valence-corrected chi connectivity index (χ4v) is 3.58. The predicted molar refractivity (Wildman–Crippen MR) is 102 cm³/mol. The molecule has 0 saturated carbocycles. The fraction of sp³-hybridized carbons (Fsp3) is 0.421. The van der Waals surface area contributed by atoms with E-state index in [0.29, 0.717) is 41.7 Å². The third kappa shape index (κ3) is 4.54. The van der Waals surface area contributed by atoms with Gasteiger partial charge in [0, 0.05) is 36.4 Å². The van der Waals surface area contributed by atoms with Gasteiger partial charge in [-0.1, -0.05) is 11.6 Å². The number of Topliss-reactive ketones (excluding diaryl/α,β-unsaturated/α-hetero) is 1. The SMILES string of the molecule is CC(=O)Cc1cc([C@H]2COCCCN2c2cc(C)nc(N)n2)c(Cl)cc1F. The summed E-state index contributed by atoms with van der Waals surface area (Å²) in [6.45, 7) is 4.93. The summed E-state index contributed by atoms with van der Waals surface area (Å²) < 4.78 is 20.0. The molecule has 27 heavy (non-hydrogen) atoms. The third-order valence-corrected chi connectivity index (χ3v) is 4.78. The summed E-state index contributed by atoms with van der Waals surface area (Å²) >= 11 is 6.38. The maximum atomic E-state index is 14.2. The summed E-state index contributed by atoms with van der Waals surface area (Å²) in [6, 6.07) is 4.49. The molecular formula is C19H22ClFN4O2. The Morgan fingerprint density at radius 1 is 1.41 bits per heavy atom. The van der Waals surface area contributed by atoms with Crippen molar-refractivity contribution in [3.05, 3.63) is 45.9 Å². The van der Waals surface area contributed by atoms with Crippen LogP contribution < -0.4 is 10.6 Å². The van der Waals surface area contributed by atoms with Crippen LogP contribution in [-0.4, -0.2) is 35.5 Å². The van der Waals surface area contributed by atoms with Crippen LogP contribution in [0, 0.1) is 12.7 Å². The van der Waals surface area contributed by atoms with Crippen molar-refractivity contribution in [1.29, 1.82) is 0 Å². The second-order valence-electron chi connectivity index (χ2n) is 6.71. The van der Waals surface area contributed by atoms with Crippen molar-refractivity contribution in [1.82, 2.24) is 9.97 Å². The van der Waals surface area contributed by atoms with Crippen LogP contribution in [0.25, 0.3) is 0 Å². The maximum absolute atomic E-state index is 14.2. The minimum absolute atomic E-state index is 0.0170. The smallest absolute Gasteiger partial charge is 0.222 e. The van der Waals surface area contributed by atoms with Crippen LogP contribution >= 0.6 is 11.6 Å². The van der Waals surface area contributed by atoms with Gasteiger partial charge >= 0.3 is 0 Å². The van der Waals surface area contributed by atoms with Crippen LogP contribution in [0.3, 0.4) is 0 Å². The number of ketones is 1. The monoisotopic (exact) mass is 392 g/mol. The van der Waals surface area contributed by atoms with Gasteiger partial charge in [0.25, 0.3) is 0 Å². The van der Waals surface area contributed by atoms with Gasteiger partial charge in [0.15, 0.2) is 0 Å². The quantitative estimate of drug-likeness (QED) is 0.860. The first-order chi connectivity index (χ1) is 12.8. The molecule has 1 atom stereocenters. The summed E-state index contributed by atoms with van der Waals surface area (Å²) in [4.78, 5) is 22.0. The highest BCUT2D eigenvalue weighted by molar-refractivity contribution is 6.31. The second-order valence-corrected chi connectivity index (χ2v) is 7.11. The molecule has 0 unspecified atom stereocenters. The van der Waals surface area contributed by atoms with Crippen LogP contribution in [0.4, 0.5) is 16.2 Å². The number of carbonyl (C=O) groups is 1. The molecule has 2 N–H and O–H groups in total. The van der Waals surface area contributed by atoms with Gasteiger partial charge in [-0.25, -0.2) is 9.37 Å². The molecule has 0 spiro atoms. The Labute approximate surface area is 162 Å². The molecule has 0 bridgehead atoms. The molecule has 8 heteroatoms. The van der Waals surface area contributed by atoms with Crippen LogP contribution in [0.15, 0.2) is 18.2 Å². The van der Waals surface area contributed by atoms with E-state index in [9.17, 15) is 9.18 Å². The molecule has 1 saturated heterocycles. The molecule has 2 heterocycles. The highest BCUT2D eigenvalue weighted by atomic mass is 35.5. The van der Waals surface area contributed by atoms with Gasteiger partial charge in [-0.15, -0.1) is 0 Å². The standard InChI is InChI=1S/C19H22ClFN4O2/c1-11-6-18(24-19(22)23-11)25-4-3-5-27-10-17(25)14-8-13(7-12(2)26)16(21)9-15(14)20/h6,8-9,17H,3-5,7,10H2,1-2H3,(H2,22,23,24)/t17-/m1/s1. The number of nitrogens with zero attached hydrogens (tertiary/aromatic N) is 3. The third-order valence-electron chi connectivity index (χ3n) is 4.46. The zero-order valence-corrected chi connectivity index (χ0v) is 16.1. The molecule has 1 aliphatic rings. The van der Waals surface area contributed by atoms with E-state index in [2.05, 4.69) is 14.9 Å². The van der Waals surface area contributed by atoms with Gasteiger partial charge in [0.2, 0.25) is 5.95 Å². The van der Waals surface area contributed by atoms with Gasteiger partial charge in [-0.3, -0.25) is 4.79 Å². The number of halogens is 2. The minimum atomic E-state index is -0.484. The lowest BCUT2D eigenvalue weighted by atomic mass is 9.99. The summed E-state index contributed by atoms with van der Waals surface area (Å²) in [7, 11) is 0. The van der Waals surface area contributed by atoms with Crippen molar-refractivity contribution in [2.45, 2.75) is 32.7 Å². The Hall–Kier alpha value is -2.25. The first-order valence-corrected chi connectivity index (χ1v) is 9.15. The number of aromatic nitrogens is 2. The Kier molecular flexibility index (Phi) is 5.92. The number of carbonyl (C=O) groups excluding carboxylic acids is 1. The zero-order chi connectivity index (χ0) is 19.6. The normalized spacial score (nSPS) is 17.6. The molecule has 1 fully saturated rings. The van der Waals surface area contributed by atoms with Crippen molar-refractivity contribution < 1.29 is 13.9 Å². The number of aryl methyl sites for hydroxylation is 1. The average Bonchev–Trinajstić information content (AvgIpc) is 2.82. The van der Waals surface area contributed by atoms with E-state index in [-0.39, 0.29) is 24.2 Å². The number of nitrogen functional groups attached to an aromatic ring is 1. The molecule has 1 aromatic heterocycles. The number of hydrogen-bond acceptors (Lipinski definition) is 6. The van der Waals surface area contributed by atoms with Gasteiger partial charge in [0.05, 0.1) is 12.6 Å². The lowest BCUT2D eigenvalue weighted by Crippen LogP contribution is -2.32. The van der Waals surface area contributed by atoms with E-state index in [1.165, 1.54) is 13.0 Å². The largest absolute Gasteiger partial charge is 0.379 e. The summed E-state index contributed by atoms with van der Waals surface area (Å²) in [5.74, 6) is 0.262. The van der Waals surface area contributed by atoms with Crippen LogP contribution in [0.2, 0.25) is 5.02 Å². The number of rotatable bonds is 4. The zero-order valence-electron chi connectivity index (χ0n) is 15.3. The molecule has 0 aliphatic carbocycles. The lowest BCUT2D eigenvalue weighted by molar-refractivity contribution is -0.116. The van der Waals surface area contributed by atoms with Crippen molar-refractivity contribution in [3.63, 3.8) is 0 Å². The van der Waals surface area contributed by atoms with Crippen molar-refractivity contribution in [2.24, 2.45) is 0 Å². The van der Waals surface area contributed by atoms with E-state index >= 15 is 0 Å². The fourth-order valence-electron chi connectivity index (χ4n) is 3.30. The molecule has 0 radical (unpaired) electrons. The number of ether oxygens (including phenoxy) is 1. The second kappa shape index (κ2) is 8.19. The number of nitrogens with two attached hydrogens (primary N) is 1. The molecular weight excluding hydrogens is 371 g/mol. The average molecular weight is 393 g/mol. The van der Waals surface area contributed by atoms with Crippen molar-refractivity contribution >= 4 is 29.2 Å². The maximum Gasteiger partial charge on any atom is 0.222 e. The van der Waals surface area contributed by atoms with Crippen molar-refractivity contribution in [2.75, 3.05) is 30.4 Å². The van der Waals surface area contributed by atoms with Gasteiger partial charge in [-0.2, -0.15) is 4.98 Å². The van der Waals surface area contributed by atoms with E-state index in [1.54, 1.807) is 6.07 Å². The van der Waals surface area contributed by atoms with Crippen molar-refractivity contribution in [3.8, 4) is 0 Å². The Balaban J connectivity index is 2.06. The molecule has 6 nitrogen and oxygen atoms in total. The molecule has 1 aromatic carbocycles. The topological polar surface area (TPSA) is 81.3 Å². The molecule has 144 valence electrons. The number of anilines is 2. The van der Waals surface area contributed by atoms with Crippen LogP contribution in [0.5, 0.6) is 0 Å². The summed E-state index contributed by atoms with van der Waals surface area (Å²) in [6.07, 6.45) is 0.821. The minimum Gasteiger partial charge on any atom is -0.379 e. The number of hydrogen-bond donors (Lipinski definition) is 1. The molecule has 0 amide bonds. The van der Waals surface area contributed by atoms with E-state index < -0.39 is 5.82 Å². The Bertz CT molecular complexity index is 842. The van der Waals surface area contributed by atoms with Gasteiger partial charge in [-0.05, 0) is 43.5 Å². The van der Waals surface area contributed by atoms with Crippen LogP contribution in [-0.2, 0) is 16.0 Å². The predicted octanol–water partition coefficient (Wildman–Crippen LogP) is 3.26. The number of benzene rings is 1. The summed E-state index contributed by atoms with van der Waals surface area (Å²) in [5, 5.41) is 0.291. The first-order valence-electron chi connectivity index (χ1n) is 8.78. The first kappa shape index (κ1) is 19.5. The molecule has 3 rings (SSSR count). The lowest BCUT2D eigenvalue weighted by Gasteiger charge is -2.31. The van der Waals surface area contributed by atoms with E-state index in [1.807, 2.05) is 13.0 Å². The van der Waals surface area contributed by atoms with Gasteiger partial charge in [0.1, 0.15) is 17.4 Å². The van der Waals surface area contributed by atoms with E-state index in [0.717, 1.165) is 12.1 Å². The molecule has 1 aliphatic heterocycles. The Morgan fingerprint density at radius 3 is 2.89 bits per heavy atom. The highest BCUT2D eigenvalue weighted by Gasteiger charge is 2.28. The summed E-state index contributed by atoms with van der Waals surface area (Å²) in [5.41, 5.74) is 7.60. The Morgan fingerprint density at radius 2 is 2.19 bits per heavy atom. The highest BCUT2D eigenvalue weighted by Crippen LogP contribution is 2.34. The van der Waals surface area contributed by atoms with E-state index in [4.69, 9.17) is 22.1 Å².